The number of hydrogen-bond donors (Lipinski definition) is 0. The maximum absolute atomic E-state index is 12.4. The van der Waals surface area contributed by atoms with E-state index in [1.54, 1.807) is 48.5 Å². The third-order valence-electron chi connectivity index (χ3n) is 2.70. The van der Waals surface area contributed by atoms with E-state index in [1.165, 1.54) is 6.07 Å². The zero-order valence-corrected chi connectivity index (χ0v) is 10.6. The highest BCUT2D eigenvalue weighted by molar-refractivity contribution is 6.14. The number of carbonyl (C=O) groups excluding carboxylic acids is 2. The molecule has 20 heavy (non-hydrogen) atoms. The van der Waals surface area contributed by atoms with Gasteiger partial charge in [0.25, 0.3) is 0 Å². The maximum atomic E-state index is 12.4. The van der Waals surface area contributed by atoms with Crippen LogP contribution in [0.15, 0.2) is 54.6 Å². The summed E-state index contributed by atoms with van der Waals surface area (Å²) in [6, 6.07) is 16.8. The molecule has 0 N–H and O–H groups in total. The van der Waals surface area contributed by atoms with Crippen LogP contribution in [0.25, 0.3) is 0 Å². The van der Waals surface area contributed by atoms with Gasteiger partial charge in [0.1, 0.15) is 6.07 Å². The highest BCUT2D eigenvalue weighted by Gasteiger charge is 2.18. The van der Waals surface area contributed by atoms with Crippen molar-refractivity contribution in [2.24, 2.45) is 0 Å². The highest BCUT2D eigenvalue weighted by Crippen LogP contribution is 2.15. The van der Waals surface area contributed by atoms with Crippen molar-refractivity contribution in [3.05, 3.63) is 71.3 Å². The van der Waals surface area contributed by atoms with Gasteiger partial charge in [-0.1, -0.05) is 48.5 Å². The summed E-state index contributed by atoms with van der Waals surface area (Å²) < 4.78 is 4.75. The fourth-order valence-corrected chi connectivity index (χ4v) is 1.78. The standard InChI is InChI=1S/C16H11NO3/c17-10-11-20-16(19)14-9-5-4-8-13(14)15(18)12-6-2-1-3-7-12/h1-9H,11H2. The van der Waals surface area contributed by atoms with E-state index in [2.05, 4.69) is 0 Å². The predicted molar refractivity (Wildman–Crippen MR) is 72.2 cm³/mol. The van der Waals surface area contributed by atoms with E-state index in [0.717, 1.165) is 0 Å². The zero-order valence-electron chi connectivity index (χ0n) is 10.6. The molecule has 0 aliphatic heterocycles. The normalized spacial score (nSPS) is 9.55. The van der Waals surface area contributed by atoms with Crippen molar-refractivity contribution in [2.75, 3.05) is 6.61 Å². The Balaban J connectivity index is 2.36. The van der Waals surface area contributed by atoms with E-state index in [9.17, 15) is 9.59 Å². The maximum Gasteiger partial charge on any atom is 0.339 e. The Hall–Kier alpha value is -2.93. The quantitative estimate of drug-likeness (QED) is 0.629. The number of nitrogens with zero attached hydrogens (tertiary/aromatic N) is 1. The Kier molecular flexibility index (Phi) is 4.25. The summed E-state index contributed by atoms with van der Waals surface area (Å²) in [5.41, 5.74) is 0.922. The molecule has 0 radical (unpaired) electrons. The minimum absolute atomic E-state index is 0.164. The van der Waals surface area contributed by atoms with Crippen LogP contribution in [0, 0.1) is 11.3 Å². The van der Waals surface area contributed by atoms with E-state index < -0.39 is 5.97 Å². The summed E-state index contributed by atoms with van der Waals surface area (Å²) in [5.74, 6) is -0.929. The fourth-order valence-electron chi connectivity index (χ4n) is 1.78. The monoisotopic (exact) mass is 265 g/mol. The van der Waals surface area contributed by atoms with Crippen molar-refractivity contribution in [3.63, 3.8) is 0 Å². The molecule has 2 aromatic rings. The van der Waals surface area contributed by atoms with Crippen LogP contribution >= 0.6 is 0 Å². The van der Waals surface area contributed by atoms with Gasteiger partial charge in [-0.15, -0.1) is 0 Å². The van der Waals surface area contributed by atoms with Crippen LogP contribution in [0.5, 0.6) is 0 Å². The van der Waals surface area contributed by atoms with Crippen LogP contribution in [-0.4, -0.2) is 18.4 Å². The number of ether oxygens (including phenoxy) is 1. The Labute approximate surface area is 116 Å². The predicted octanol–water partition coefficient (Wildman–Crippen LogP) is 2.60. The first-order valence-corrected chi connectivity index (χ1v) is 5.97. The topological polar surface area (TPSA) is 67.2 Å². The molecule has 2 aromatic carbocycles. The van der Waals surface area contributed by atoms with Gasteiger partial charge < -0.3 is 4.74 Å². The molecule has 0 saturated carbocycles. The molecular weight excluding hydrogens is 254 g/mol. The van der Waals surface area contributed by atoms with E-state index in [1.807, 2.05) is 6.07 Å². The molecule has 0 heterocycles. The van der Waals surface area contributed by atoms with Crippen LogP contribution in [0.2, 0.25) is 0 Å². The average molecular weight is 265 g/mol. The van der Waals surface area contributed by atoms with Gasteiger partial charge >= 0.3 is 5.97 Å². The first kappa shape index (κ1) is 13.5. The molecule has 0 unspecified atom stereocenters. The van der Waals surface area contributed by atoms with Gasteiger partial charge in [0, 0.05) is 11.1 Å². The second kappa shape index (κ2) is 6.30. The minimum atomic E-state index is -0.675. The highest BCUT2D eigenvalue weighted by atomic mass is 16.5. The molecule has 2 rings (SSSR count). The van der Waals surface area contributed by atoms with E-state index >= 15 is 0 Å². The van der Waals surface area contributed by atoms with Crippen LogP contribution in [-0.2, 0) is 4.74 Å². The summed E-state index contributed by atoms with van der Waals surface area (Å²) >= 11 is 0. The van der Waals surface area contributed by atoms with Gasteiger partial charge in [-0.05, 0) is 6.07 Å². The third kappa shape index (κ3) is 2.90. The second-order valence-electron chi connectivity index (χ2n) is 3.97. The van der Waals surface area contributed by atoms with Gasteiger partial charge in [-0.3, -0.25) is 4.79 Å². The van der Waals surface area contributed by atoms with E-state index in [0.29, 0.717) is 5.56 Å². The van der Waals surface area contributed by atoms with E-state index in [4.69, 9.17) is 10.00 Å². The Morgan fingerprint density at radius 1 is 0.950 bits per heavy atom. The van der Waals surface area contributed by atoms with Crippen LogP contribution < -0.4 is 0 Å². The lowest BCUT2D eigenvalue weighted by Crippen LogP contribution is -2.12. The van der Waals surface area contributed by atoms with Gasteiger partial charge in [-0.2, -0.15) is 5.26 Å². The first-order chi connectivity index (χ1) is 9.74. The lowest BCUT2D eigenvalue weighted by atomic mass is 9.98. The molecular formula is C16H11NO3. The third-order valence-corrected chi connectivity index (χ3v) is 2.70. The number of rotatable bonds is 4. The summed E-state index contributed by atoms with van der Waals surface area (Å²) in [6.07, 6.45) is 0. The molecule has 0 amide bonds. The Morgan fingerprint density at radius 3 is 2.20 bits per heavy atom. The molecule has 0 aliphatic rings. The lowest BCUT2D eigenvalue weighted by molar-refractivity contribution is 0.0552. The van der Waals surface area contributed by atoms with Crippen molar-refractivity contribution >= 4 is 11.8 Å². The van der Waals surface area contributed by atoms with Crippen LogP contribution in [0.4, 0.5) is 0 Å². The fraction of sp³-hybridized carbons (Fsp3) is 0.0625. The number of hydrogen-bond acceptors (Lipinski definition) is 4. The molecule has 0 bridgehead atoms. The molecule has 4 nitrogen and oxygen atoms in total. The van der Waals surface area contributed by atoms with Gasteiger partial charge in [0.2, 0.25) is 0 Å². The molecule has 0 aromatic heterocycles. The smallest absolute Gasteiger partial charge is 0.339 e. The van der Waals surface area contributed by atoms with E-state index in [-0.39, 0.29) is 23.5 Å². The molecule has 0 atom stereocenters. The van der Waals surface area contributed by atoms with Crippen molar-refractivity contribution < 1.29 is 14.3 Å². The van der Waals surface area contributed by atoms with Crippen molar-refractivity contribution in [2.45, 2.75) is 0 Å². The zero-order chi connectivity index (χ0) is 14.4. The number of benzene rings is 2. The summed E-state index contributed by atoms with van der Waals surface area (Å²) in [4.78, 5) is 24.2. The minimum Gasteiger partial charge on any atom is -0.447 e. The largest absolute Gasteiger partial charge is 0.447 e. The number of esters is 1. The molecule has 0 saturated heterocycles. The van der Waals surface area contributed by atoms with Gasteiger partial charge in [0.15, 0.2) is 12.4 Å². The van der Waals surface area contributed by atoms with Crippen LogP contribution in [0.3, 0.4) is 0 Å². The summed E-state index contributed by atoms with van der Waals surface area (Å²) in [6.45, 7) is -0.341. The molecule has 98 valence electrons. The Bertz CT molecular complexity index is 672. The summed E-state index contributed by atoms with van der Waals surface area (Å²) in [5, 5.41) is 8.42. The number of ketones is 1. The first-order valence-electron chi connectivity index (χ1n) is 5.97. The van der Waals surface area contributed by atoms with Crippen LogP contribution in [0.1, 0.15) is 26.3 Å². The summed E-state index contributed by atoms with van der Waals surface area (Å²) in [7, 11) is 0. The van der Waals surface area contributed by atoms with Gasteiger partial charge in [-0.25, -0.2) is 4.79 Å². The average Bonchev–Trinajstić information content (AvgIpc) is 2.52. The van der Waals surface area contributed by atoms with Gasteiger partial charge in [0.05, 0.1) is 5.56 Å². The molecule has 0 aliphatic carbocycles. The van der Waals surface area contributed by atoms with Crippen molar-refractivity contribution in [1.82, 2.24) is 0 Å². The van der Waals surface area contributed by atoms with Crippen molar-refractivity contribution in [3.8, 4) is 6.07 Å². The molecule has 4 heteroatoms. The van der Waals surface area contributed by atoms with Crippen molar-refractivity contribution in [1.29, 1.82) is 5.26 Å². The lowest BCUT2D eigenvalue weighted by Gasteiger charge is -2.07. The number of nitriles is 1. The number of carbonyl (C=O) groups is 2. The SMILES string of the molecule is N#CCOC(=O)c1ccccc1C(=O)c1ccccc1. The molecule has 0 fully saturated rings. The second-order valence-corrected chi connectivity index (χ2v) is 3.97. The molecule has 0 spiro atoms. The Morgan fingerprint density at radius 2 is 1.55 bits per heavy atom.